The number of rotatable bonds is 6. The quantitative estimate of drug-likeness (QED) is 0.742. The Hall–Kier alpha value is -2.35. The molecular weight excluding hydrogens is 379 g/mol. The molecule has 0 spiro atoms. The van der Waals surface area contributed by atoms with Crippen LogP contribution >= 0.6 is 0 Å². The second-order valence-corrected chi connectivity index (χ2v) is 8.40. The molecular formula is C19H20F3NO3S. The summed E-state index contributed by atoms with van der Waals surface area (Å²) >= 11 is 0. The van der Waals surface area contributed by atoms with Crippen LogP contribution in [0, 0.1) is 6.92 Å². The van der Waals surface area contributed by atoms with Gasteiger partial charge in [0, 0.05) is 20.0 Å². The average molecular weight is 399 g/mol. The first-order valence-electron chi connectivity index (χ1n) is 8.19. The summed E-state index contributed by atoms with van der Waals surface area (Å²) in [5.74, 6) is -0.942. The van der Waals surface area contributed by atoms with Crippen molar-refractivity contribution in [2.75, 3.05) is 12.8 Å². The highest BCUT2D eigenvalue weighted by molar-refractivity contribution is 7.91. The van der Waals surface area contributed by atoms with Crippen LogP contribution in [-0.4, -0.2) is 32.0 Å². The number of carbonyl (C=O) groups is 1. The van der Waals surface area contributed by atoms with E-state index in [9.17, 15) is 26.4 Å². The van der Waals surface area contributed by atoms with E-state index in [-0.39, 0.29) is 23.4 Å². The zero-order chi connectivity index (χ0) is 20.2. The van der Waals surface area contributed by atoms with E-state index < -0.39 is 33.2 Å². The van der Waals surface area contributed by atoms with E-state index in [4.69, 9.17) is 0 Å². The van der Waals surface area contributed by atoms with Crippen LogP contribution in [0.2, 0.25) is 0 Å². The third-order valence-corrected chi connectivity index (χ3v) is 5.85. The second kappa shape index (κ2) is 8.12. The van der Waals surface area contributed by atoms with Gasteiger partial charge < -0.3 is 4.90 Å². The van der Waals surface area contributed by atoms with Crippen molar-refractivity contribution < 1.29 is 26.4 Å². The van der Waals surface area contributed by atoms with Gasteiger partial charge in [0.05, 0.1) is 16.2 Å². The molecule has 1 amide bonds. The van der Waals surface area contributed by atoms with Crippen molar-refractivity contribution in [3.05, 3.63) is 65.2 Å². The van der Waals surface area contributed by atoms with Crippen molar-refractivity contribution in [1.82, 2.24) is 4.90 Å². The number of aryl methyl sites for hydroxylation is 1. The van der Waals surface area contributed by atoms with Gasteiger partial charge in [-0.3, -0.25) is 4.79 Å². The summed E-state index contributed by atoms with van der Waals surface area (Å²) in [6.45, 7) is 1.58. The Kier molecular flexibility index (Phi) is 6.30. The molecule has 0 heterocycles. The SMILES string of the molecule is Cc1ccc(S(=O)(=O)CCC(=O)N(C)Cc2ccccc2C(F)(F)F)cc1. The number of nitrogens with zero attached hydrogens (tertiary/aromatic N) is 1. The minimum absolute atomic E-state index is 0.0396. The lowest BCUT2D eigenvalue weighted by Crippen LogP contribution is -2.29. The predicted molar refractivity (Wildman–Crippen MR) is 95.8 cm³/mol. The number of benzene rings is 2. The molecule has 0 saturated carbocycles. The highest BCUT2D eigenvalue weighted by Crippen LogP contribution is 2.32. The summed E-state index contributed by atoms with van der Waals surface area (Å²) in [6.07, 6.45) is -4.82. The summed E-state index contributed by atoms with van der Waals surface area (Å²) in [4.78, 5) is 13.4. The van der Waals surface area contributed by atoms with Crippen molar-refractivity contribution in [2.45, 2.75) is 31.0 Å². The highest BCUT2D eigenvalue weighted by atomic mass is 32.2. The fourth-order valence-corrected chi connectivity index (χ4v) is 3.78. The van der Waals surface area contributed by atoms with Crippen LogP contribution in [0.3, 0.4) is 0 Å². The molecule has 0 N–H and O–H groups in total. The molecule has 0 aliphatic rings. The summed E-state index contributed by atoms with van der Waals surface area (Å²) in [5.41, 5.74) is 0.0623. The van der Waals surface area contributed by atoms with Crippen LogP contribution in [-0.2, 0) is 27.4 Å². The van der Waals surface area contributed by atoms with Crippen LogP contribution in [0.15, 0.2) is 53.4 Å². The number of sulfone groups is 1. The molecule has 0 aromatic heterocycles. The zero-order valence-electron chi connectivity index (χ0n) is 15.0. The molecule has 2 aromatic carbocycles. The normalized spacial score (nSPS) is 12.0. The molecule has 0 fully saturated rings. The van der Waals surface area contributed by atoms with Crippen molar-refractivity contribution >= 4 is 15.7 Å². The molecule has 0 unspecified atom stereocenters. The van der Waals surface area contributed by atoms with Crippen molar-refractivity contribution in [1.29, 1.82) is 0 Å². The summed E-state index contributed by atoms with van der Waals surface area (Å²) in [6, 6.07) is 11.3. The van der Waals surface area contributed by atoms with Gasteiger partial charge in [0.2, 0.25) is 5.91 Å². The average Bonchev–Trinajstić information content (AvgIpc) is 2.59. The Labute approximate surface area is 156 Å². The Bertz CT molecular complexity index is 907. The Morgan fingerprint density at radius 3 is 2.22 bits per heavy atom. The van der Waals surface area contributed by atoms with Gasteiger partial charge in [-0.1, -0.05) is 35.9 Å². The molecule has 2 rings (SSSR count). The lowest BCUT2D eigenvalue weighted by Gasteiger charge is -2.20. The maximum Gasteiger partial charge on any atom is 0.416 e. The molecule has 8 heteroatoms. The largest absolute Gasteiger partial charge is 0.416 e. The van der Waals surface area contributed by atoms with Crippen LogP contribution in [0.4, 0.5) is 13.2 Å². The third-order valence-electron chi connectivity index (χ3n) is 4.12. The van der Waals surface area contributed by atoms with E-state index in [0.717, 1.165) is 16.5 Å². The van der Waals surface area contributed by atoms with Gasteiger partial charge in [0.15, 0.2) is 9.84 Å². The smallest absolute Gasteiger partial charge is 0.341 e. The summed E-state index contributed by atoms with van der Waals surface area (Å²) in [7, 11) is -2.28. The number of amides is 1. The van der Waals surface area contributed by atoms with Gasteiger partial charge in [-0.25, -0.2) is 8.42 Å². The monoisotopic (exact) mass is 399 g/mol. The lowest BCUT2D eigenvalue weighted by molar-refractivity contribution is -0.139. The highest BCUT2D eigenvalue weighted by Gasteiger charge is 2.33. The lowest BCUT2D eigenvalue weighted by atomic mass is 10.1. The molecule has 0 aliphatic heterocycles. The Morgan fingerprint density at radius 2 is 1.63 bits per heavy atom. The predicted octanol–water partition coefficient (Wildman–Crippen LogP) is 3.84. The van der Waals surface area contributed by atoms with Gasteiger partial charge >= 0.3 is 6.18 Å². The zero-order valence-corrected chi connectivity index (χ0v) is 15.8. The first kappa shape index (κ1) is 21.0. The molecule has 0 atom stereocenters. The molecule has 0 bridgehead atoms. The maximum atomic E-state index is 13.0. The molecule has 0 aliphatic carbocycles. The van der Waals surface area contributed by atoms with E-state index >= 15 is 0 Å². The van der Waals surface area contributed by atoms with E-state index in [1.165, 1.54) is 37.4 Å². The van der Waals surface area contributed by atoms with Crippen LogP contribution in [0.5, 0.6) is 0 Å². The number of hydrogen-bond donors (Lipinski definition) is 0. The van der Waals surface area contributed by atoms with Crippen molar-refractivity contribution in [2.24, 2.45) is 0 Å². The standard InChI is InChI=1S/C19H20F3NO3S/c1-14-7-9-16(10-8-14)27(25,26)12-11-18(24)23(2)13-15-5-3-4-6-17(15)19(20,21)22/h3-10H,11-13H2,1-2H3. The number of halogens is 3. The van der Waals surface area contributed by atoms with Gasteiger partial charge in [0.25, 0.3) is 0 Å². The Morgan fingerprint density at radius 1 is 1.04 bits per heavy atom. The van der Waals surface area contributed by atoms with E-state index in [1.807, 2.05) is 6.92 Å². The molecule has 4 nitrogen and oxygen atoms in total. The molecule has 146 valence electrons. The first-order chi connectivity index (χ1) is 12.5. The Balaban J connectivity index is 2.04. The fourth-order valence-electron chi connectivity index (χ4n) is 2.55. The minimum Gasteiger partial charge on any atom is -0.341 e. The van der Waals surface area contributed by atoms with Crippen LogP contribution in [0.25, 0.3) is 0 Å². The van der Waals surface area contributed by atoms with Gasteiger partial charge in [-0.05, 0) is 30.7 Å². The molecule has 0 radical (unpaired) electrons. The maximum absolute atomic E-state index is 13.0. The summed E-state index contributed by atoms with van der Waals surface area (Å²) in [5, 5.41) is 0. The van der Waals surface area contributed by atoms with E-state index in [0.29, 0.717) is 0 Å². The number of alkyl halides is 3. The van der Waals surface area contributed by atoms with Crippen LogP contribution in [0.1, 0.15) is 23.1 Å². The number of carbonyl (C=O) groups excluding carboxylic acids is 1. The topological polar surface area (TPSA) is 54.5 Å². The third kappa shape index (κ3) is 5.56. The summed E-state index contributed by atoms with van der Waals surface area (Å²) < 4.78 is 63.7. The van der Waals surface area contributed by atoms with Gasteiger partial charge in [-0.15, -0.1) is 0 Å². The van der Waals surface area contributed by atoms with E-state index in [2.05, 4.69) is 0 Å². The fraction of sp³-hybridized carbons (Fsp3) is 0.316. The van der Waals surface area contributed by atoms with E-state index in [1.54, 1.807) is 12.1 Å². The molecule has 27 heavy (non-hydrogen) atoms. The van der Waals surface area contributed by atoms with Crippen molar-refractivity contribution in [3.63, 3.8) is 0 Å². The molecule has 2 aromatic rings. The second-order valence-electron chi connectivity index (χ2n) is 6.29. The van der Waals surface area contributed by atoms with Gasteiger partial charge in [-0.2, -0.15) is 13.2 Å². The number of hydrogen-bond acceptors (Lipinski definition) is 3. The first-order valence-corrected chi connectivity index (χ1v) is 9.84. The van der Waals surface area contributed by atoms with Gasteiger partial charge in [0.1, 0.15) is 0 Å². The molecule has 0 saturated heterocycles. The van der Waals surface area contributed by atoms with Crippen LogP contribution < -0.4 is 0 Å². The minimum atomic E-state index is -4.52. The van der Waals surface area contributed by atoms with Crippen molar-refractivity contribution in [3.8, 4) is 0 Å².